The third-order valence-electron chi connectivity index (χ3n) is 5.00. The second kappa shape index (κ2) is 8.82. The van der Waals surface area contributed by atoms with Gasteiger partial charge in [0.1, 0.15) is 0 Å². The van der Waals surface area contributed by atoms with E-state index < -0.39 is 0 Å². The van der Waals surface area contributed by atoms with E-state index in [-0.39, 0.29) is 11.8 Å². The fourth-order valence-corrected chi connectivity index (χ4v) is 3.41. The van der Waals surface area contributed by atoms with Gasteiger partial charge in [-0.3, -0.25) is 9.69 Å². The van der Waals surface area contributed by atoms with Crippen molar-refractivity contribution in [3.63, 3.8) is 0 Å². The first-order valence-electron chi connectivity index (χ1n) is 9.42. The quantitative estimate of drug-likeness (QED) is 0.829. The Kier molecular flexibility index (Phi) is 6.24. The zero-order valence-electron chi connectivity index (χ0n) is 16.1. The van der Waals surface area contributed by atoms with Crippen molar-refractivity contribution in [3.05, 3.63) is 70.8 Å². The number of nitrogens with one attached hydrogen (secondary N) is 1. The van der Waals surface area contributed by atoms with Crippen molar-refractivity contribution in [1.29, 1.82) is 0 Å². The highest BCUT2D eigenvalue weighted by molar-refractivity contribution is 5.99. The Labute approximate surface area is 161 Å². The van der Waals surface area contributed by atoms with Crippen LogP contribution in [0.25, 0.3) is 0 Å². The second-order valence-corrected chi connectivity index (χ2v) is 7.15. The van der Waals surface area contributed by atoms with E-state index in [9.17, 15) is 9.59 Å². The van der Waals surface area contributed by atoms with Crippen LogP contribution in [0.4, 0.5) is 4.79 Å². The van der Waals surface area contributed by atoms with Gasteiger partial charge in [0.2, 0.25) is 0 Å². The number of urea groups is 1. The molecule has 0 radical (unpaired) electrons. The molecule has 0 saturated carbocycles. The van der Waals surface area contributed by atoms with Gasteiger partial charge in [0.25, 0.3) is 0 Å². The lowest BCUT2D eigenvalue weighted by Crippen LogP contribution is -2.52. The van der Waals surface area contributed by atoms with Crippen LogP contribution in [0.2, 0.25) is 0 Å². The molecule has 0 bridgehead atoms. The minimum atomic E-state index is -0.0424. The van der Waals surface area contributed by atoms with Crippen molar-refractivity contribution in [2.45, 2.75) is 20.4 Å². The summed E-state index contributed by atoms with van der Waals surface area (Å²) in [5.74, 6) is 0.148. The number of Topliss-reactive ketones (excluding diaryl/α,β-unsaturated/α-hetero) is 1. The Morgan fingerprint density at radius 3 is 2.33 bits per heavy atom. The maximum atomic E-state index is 12.6. The van der Waals surface area contributed by atoms with Crippen molar-refractivity contribution in [1.82, 2.24) is 15.1 Å². The standard InChI is InChI=1S/C22H27N3O2/c1-17-8-9-20(18(2)14-17)21(26)16-24-10-12-25(13-11-24)22(27)23-15-19-6-4-3-5-7-19/h3-9,14H,10-13,15-16H2,1-2H3,(H,23,27). The van der Waals surface area contributed by atoms with Crippen LogP contribution in [-0.2, 0) is 6.54 Å². The molecule has 3 rings (SSSR count). The van der Waals surface area contributed by atoms with E-state index in [1.807, 2.05) is 67.3 Å². The van der Waals surface area contributed by atoms with Crippen LogP contribution in [0.1, 0.15) is 27.0 Å². The van der Waals surface area contributed by atoms with Gasteiger partial charge in [0.05, 0.1) is 6.54 Å². The highest BCUT2D eigenvalue weighted by Gasteiger charge is 2.23. The molecule has 0 atom stereocenters. The minimum Gasteiger partial charge on any atom is -0.334 e. The molecule has 27 heavy (non-hydrogen) atoms. The number of amides is 2. The number of piperazine rings is 1. The van der Waals surface area contributed by atoms with E-state index in [0.29, 0.717) is 26.2 Å². The van der Waals surface area contributed by atoms with Crippen LogP contribution in [0.3, 0.4) is 0 Å². The molecular weight excluding hydrogens is 338 g/mol. The van der Waals surface area contributed by atoms with Gasteiger partial charge in [-0.05, 0) is 25.0 Å². The van der Waals surface area contributed by atoms with Crippen molar-refractivity contribution in [2.75, 3.05) is 32.7 Å². The maximum Gasteiger partial charge on any atom is 0.317 e. The molecule has 1 saturated heterocycles. The summed E-state index contributed by atoms with van der Waals surface area (Å²) in [6, 6.07) is 15.8. The third-order valence-corrected chi connectivity index (χ3v) is 5.00. The first kappa shape index (κ1) is 19.1. The number of hydrogen-bond donors (Lipinski definition) is 1. The molecule has 0 spiro atoms. The highest BCUT2D eigenvalue weighted by atomic mass is 16.2. The Morgan fingerprint density at radius 1 is 0.963 bits per heavy atom. The van der Waals surface area contributed by atoms with E-state index in [0.717, 1.165) is 29.8 Å². The topological polar surface area (TPSA) is 52.7 Å². The van der Waals surface area contributed by atoms with Crippen molar-refractivity contribution < 1.29 is 9.59 Å². The number of carbonyl (C=O) groups excluding carboxylic acids is 2. The van der Waals surface area contributed by atoms with E-state index in [4.69, 9.17) is 0 Å². The van der Waals surface area contributed by atoms with Gasteiger partial charge in [-0.2, -0.15) is 0 Å². The monoisotopic (exact) mass is 365 g/mol. The number of benzene rings is 2. The van der Waals surface area contributed by atoms with Crippen LogP contribution in [0, 0.1) is 13.8 Å². The molecule has 0 aliphatic carbocycles. The van der Waals surface area contributed by atoms with Crippen LogP contribution in [0.15, 0.2) is 48.5 Å². The average molecular weight is 365 g/mol. The Hall–Kier alpha value is -2.66. The molecule has 1 aliphatic heterocycles. The van der Waals surface area contributed by atoms with Gasteiger partial charge in [-0.25, -0.2) is 4.79 Å². The van der Waals surface area contributed by atoms with Gasteiger partial charge < -0.3 is 10.2 Å². The first-order chi connectivity index (χ1) is 13.0. The number of rotatable bonds is 5. The summed E-state index contributed by atoms with van der Waals surface area (Å²) >= 11 is 0. The summed E-state index contributed by atoms with van der Waals surface area (Å²) < 4.78 is 0. The molecule has 1 aliphatic rings. The Balaban J connectivity index is 1.45. The molecule has 2 aromatic rings. The number of nitrogens with zero attached hydrogens (tertiary/aromatic N) is 2. The molecule has 5 nitrogen and oxygen atoms in total. The van der Waals surface area contributed by atoms with Gasteiger partial charge in [-0.1, -0.05) is 54.1 Å². The lowest BCUT2D eigenvalue weighted by Gasteiger charge is -2.34. The third kappa shape index (κ3) is 5.17. The van der Waals surface area contributed by atoms with E-state index in [1.165, 1.54) is 5.56 Å². The van der Waals surface area contributed by atoms with Crippen LogP contribution in [-0.4, -0.2) is 54.3 Å². The summed E-state index contributed by atoms with van der Waals surface area (Å²) in [5.41, 5.74) is 4.07. The molecular formula is C22H27N3O2. The minimum absolute atomic E-state index is 0.0424. The molecule has 1 N–H and O–H groups in total. The van der Waals surface area contributed by atoms with Gasteiger partial charge in [0.15, 0.2) is 5.78 Å². The van der Waals surface area contributed by atoms with Gasteiger partial charge >= 0.3 is 6.03 Å². The zero-order chi connectivity index (χ0) is 19.2. The molecule has 2 amide bonds. The number of hydrogen-bond acceptors (Lipinski definition) is 3. The fraction of sp³-hybridized carbons (Fsp3) is 0.364. The molecule has 0 aromatic heterocycles. The maximum absolute atomic E-state index is 12.6. The Morgan fingerprint density at radius 2 is 1.67 bits per heavy atom. The van der Waals surface area contributed by atoms with E-state index in [2.05, 4.69) is 10.2 Å². The number of ketones is 1. The average Bonchev–Trinajstić information content (AvgIpc) is 2.67. The molecule has 5 heteroatoms. The summed E-state index contributed by atoms with van der Waals surface area (Å²) in [6.07, 6.45) is 0. The fourth-order valence-electron chi connectivity index (χ4n) is 3.41. The van der Waals surface area contributed by atoms with Crippen molar-refractivity contribution in [3.8, 4) is 0 Å². The van der Waals surface area contributed by atoms with Crippen molar-refractivity contribution in [2.24, 2.45) is 0 Å². The SMILES string of the molecule is Cc1ccc(C(=O)CN2CCN(C(=O)NCc3ccccc3)CC2)c(C)c1. The van der Waals surface area contributed by atoms with Crippen LogP contribution >= 0.6 is 0 Å². The van der Waals surface area contributed by atoms with Crippen LogP contribution < -0.4 is 5.32 Å². The number of carbonyl (C=O) groups is 2. The molecule has 2 aromatic carbocycles. The zero-order valence-corrected chi connectivity index (χ0v) is 16.1. The summed E-state index contributed by atoms with van der Waals surface area (Å²) in [6.45, 7) is 7.67. The smallest absolute Gasteiger partial charge is 0.317 e. The lowest BCUT2D eigenvalue weighted by atomic mass is 10.0. The highest BCUT2D eigenvalue weighted by Crippen LogP contribution is 2.13. The van der Waals surface area contributed by atoms with Gasteiger partial charge in [-0.15, -0.1) is 0 Å². The summed E-state index contributed by atoms with van der Waals surface area (Å²) in [5, 5.41) is 2.96. The predicted octanol–water partition coefficient (Wildman–Crippen LogP) is 3.01. The van der Waals surface area contributed by atoms with E-state index >= 15 is 0 Å². The molecule has 142 valence electrons. The van der Waals surface area contributed by atoms with Crippen LogP contribution in [0.5, 0.6) is 0 Å². The predicted molar refractivity (Wildman–Crippen MR) is 107 cm³/mol. The molecule has 1 heterocycles. The first-order valence-corrected chi connectivity index (χ1v) is 9.42. The van der Waals surface area contributed by atoms with Gasteiger partial charge in [0, 0.05) is 38.3 Å². The lowest BCUT2D eigenvalue weighted by molar-refractivity contribution is 0.0877. The summed E-state index contributed by atoms with van der Waals surface area (Å²) in [7, 11) is 0. The molecule has 0 unspecified atom stereocenters. The second-order valence-electron chi connectivity index (χ2n) is 7.15. The summed E-state index contributed by atoms with van der Waals surface area (Å²) in [4.78, 5) is 28.9. The number of aryl methyl sites for hydroxylation is 2. The van der Waals surface area contributed by atoms with Crippen molar-refractivity contribution >= 4 is 11.8 Å². The van der Waals surface area contributed by atoms with E-state index in [1.54, 1.807) is 0 Å². The molecule has 1 fully saturated rings. The normalized spacial score (nSPS) is 14.8. The largest absolute Gasteiger partial charge is 0.334 e. The Bertz CT molecular complexity index is 796.